The van der Waals surface area contributed by atoms with Crippen molar-refractivity contribution in [2.75, 3.05) is 24.1 Å². The summed E-state index contributed by atoms with van der Waals surface area (Å²) < 4.78 is 38.4. The minimum atomic E-state index is -3.66. The average molecular weight is 333 g/mol. The number of benzene rings is 2. The fourth-order valence-corrected chi connectivity index (χ4v) is 4.18. The predicted octanol–water partition coefficient (Wildman–Crippen LogP) is 2.98. The van der Waals surface area contributed by atoms with Gasteiger partial charge >= 0.3 is 0 Å². The van der Waals surface area contributed by atoms with Gasteiger partial charge in [0.1, 0.15) is 13.2 Å². The Balaban J connectivity index is 2.04. The monoisotopic (exact) mass is 333 g/mol. The van der Waals surface area contributed by atoms with Crippen LogP contribution < -0.4 is 13.8 Å². The van der Waals surface area contributed by atoms with E-state index < -0.39 is 10.0 Å². The number of hydrogen-bond donors (Lipinski definition) is 0. The molecule has 0 aromatic heterocycles. The molecule has 0 fully saturated rings. The summed E-state index contributed by atoms with van der Waals surface area (Å²) in [5, 5.41) is 0. The summed E-state index contributed by atoms with van der Waals surface area (Å²) in [4.78, 5) is 0.201. The van der Waals surface area contributed by atoms with Crippen molar-refractivity contribution in [3.63, 3.8) is 0 Å². The zero-order valence-electron chi connectivity index (χ0n) is 13.2. The van der Waals surface area contributed by atoms with Crippen LogP contribution in [0.25, 0.3) is 0 Å². The lowest BCUT2D eigenvalue weighted by Crippen LogP contribution is -2.31. The zero-order valence-corrected chi connectivity index (χ0v) is 14.0. The maximum atomic E-state index is 13.0. The highest BCUT2D eigenvalue weighted by Crippen LogP contribution is 2.34. The molecule has 2 aromatic carbocycles. The van der Waals surface area contributed by atoms with Gasteiger partial charge in [-0.25, -0.2) is 8.42 Å². The van der Waals surface area contributed by atoms with Gasteiger partial charge in [0.2, 0.25) is 0 Å². The number of fused-ring (bicyclic) bond motifs is 1. The Morgan fingerprint density at radius 1 is 1.04 bits per heavy atom. The number of hydrogen-bond acceptors (Lipinski definition) is 4. The van der Waals surface area contributed by atoms with Gasteiger partial charge in [0, 0.05) is 12.6 Å². The second-order valence-electron chi connectivity index (χ2n) is 5.26. The summed E-state index contributed by atoms with van der Waals surface area (Å²) >= 11 is 0. The van der Waals surface area contributed by atoms with Crippen molar-refractivity contribution in [1.29, 1.82) is 0 Å². The van der Waals surface area contributed by atoms with Crippen molar-refractivity contribution in [2.24, 2.45) is 0 Å². The second-order valence-corrected chi connectivity index (χ2v) is 7.12. The van der Waals surface area contributed by atoms with Crippen LogP contribution in [0.4, 0.5) is 5.69 Å². The Hall–Kier alpha value is -2.21. The van der Waals surface area contributed by atoms with Crippen LogP contribution in [-0.4, -0.2) is 28.2 Å². The van der Waals surface area contributed by atoms with E-state index in [0.717, 1.165) is 5.56 Å². The molecule has 1 heterocycles. The minimum absolute atomic E-state index is 0.201. The van der Waals surface area contributed by atoms with Crippen molar-refractivity contribution < 1.29 is 17.9 Å². The van der Waals surface area contributed by atoms with Crippen LogP contribution in [0, 0.1) is 6.92 Å². The van der Waals surface area contributed by atoms with E-state index in [1.54, 1.807) is 12.1 Å². The van der Waals surface area contributed by atoms with E-state index in [2.05, 4.69) is 0 Å². The topological polar surface area (TPSA) is 55.8 Å². The Morgan fingerprint density at radius 3 is 2.43 bits per heavy atom. The molecular formula is C17H19NO4S. The third-order valence-corrected chi connectivity index (χ3v) is 5.66. The molecule has 0 saturated carbocycles. The molecule has 0 bridgehead atoms. The van der Waals surface area contributed by atoms with E-state index in [0.29, 0.717) is 36.9 Å². The van der Waals surface area contributed by atoms with Crippen molar-refractivity contribution in [3.8, 4) is 11.5 Å². The number of sulfonamides is 1. The lowest BCUT2D eigenvalue weighted by atomic mass is 10.2. The molecule has 0 radical (unpaired) electrons. The molecule has 0 saturated heterocycles. The van der Waals surface area contributed by atoms with Gasteiger partial charge in [0.05, 0.1) is 10.6 Å². The van der Waals surface area contributed by atoms with E-state index in [1.165, 1.54) is 10.4 Å². The summed E-state index contributed by atoms with van der Waals surface area (Å²) in [6.45, 7) is 4.97. The van der Waals surface area contributed by atoms with Crippen LogP contribution in [0.5, 0.6) is 11.5 Å². The molecule has 1 aliphatic rings. The van der Waals surface area contributed by atoms with E-state index >= 15 is 0 Å². The van der Waals surface area contributed by atoms with E-state index in [1.807, 2.05) is 38.1 Å². The molecule has 0 unspecified atom stereocenters. The molecule has 0 N–H and O–H groups in total. The lowest BCUT2D eigenvalue weighted by Gasteiger charge is -2.25. The molecule has 122 valence electrons. The summed E-state index contributed by atoms with van der Waals surface area (Å²) in [7, 11) is -3.66. The van der Waals surface area contributed by atoms with Crippen LogP contribution in [0.15, 0.2) is 47.4 Å². The average Bonchev–Trinajstić information content (AvgIpc) is 2.56. The Morgan fingerprint density at radius 2 is 1.74 bits per heavy atom. The maximum absolute atomic E-state index is 13.0. The molecular weight excluding hydrogens is 314 g/mol. The fraction of sp³-hybridized carbons (Fsp3) is 0.294. The van der Waals surface area contributed by atoms with Gasteiger partial charge in [0.15, 0.2) is 11.5 Å². The number of nitrogens with zero attached hydrogens (tertiary/aromatic N) is 1. The van der Waals surface area contributed by atoms with Crippen molar-refractivity contribution in [3.05, 3.63) is 48.0 Å². The number of rotatable bonds is 4. The number of para-hydroxylation sites is 1. The highest BCUT2D eigenvalue weighted by Gasteiger charge is 2.26. The van der Waals surface area contributed by atoms with Gasteiger partial charge in [-0.2, -0.15) is 0 Å². The van der Waals surface area contributed by atoms with Gasteiger partial charge in [-0.3, -0.25) is 4.31 Å². The highest BCUT2D eigenvalue weighted by molar-refractivity contribution is 7.92. The maximum Gasteiger partial charge on any atom is 0.264 e. The van der Waals surface area contributed by atoms with Crippen LogP contribution >= 0.6 is 0 Å². The van der Waals surface area contributed by atoms with Crippen molar-refractivity contribution >= 4 is 15.7 Å². The van der Waals surface area contributed by atoms with Gasteiger partial charge < -0.3 is 9.47 Å². The molecule has 0 amide bonds. The standard InChI is InChI=1S/C17H19NO4S/c1-3-18(15-7-5-4-6-13(15)2)23(19,20)14-8-9-16-17(12-14)22-11-10-21-16/h4-9,12H,3,10-11H2,1-2H3. The predicted molar refractivity (Wildman–Crippen MR) is 88.8 cm³/mol. The smallest absolute Gasteiger partial charge is 0.264 e. The Kier molecular flexibility index (Phi) is 4.17. The molecule has 6 heteroatoms. The van der Waals surface area contributed by atoms with Gasteiger partial charge in [-0.1, -0.05) is 18.2 Å². The third kappa shape index (κ3) is 2.86. The molecule has 0 aliphatic carbocycles. The van der Waals surface area contributed by atoms with Gasteiger partial charge in [-0.15, -0.1) is 0 Å². The molecule has 0 spiro atoms. The quantitative estimate of drug-likeness (QED) is 0.863. The van der Waals surface area contributed by atoms with Crippen LogP contribution in [0.2, 0.25) is 0 Å². The molecule has 1 aliphatic heterocycles. The molecule has 2 aromatic rings. The zero-order chi connectivity index (χ0) is 16.4. The van der Waals surface area contributed by atoms with Crippen molar-refractivity contribution in [1.82, 2.24) is 0 Å². The first-order valence-corrected chi connectivity index (χ1v) is 8.96. The number of aryl methyl sites for hydroxylation is 1. The summed E-state index contributed by atoms with van der Waals surface area (Å²) in [5.41, 5.74) is 1.60. The number of ether oxygens (including phenoxy) is 2. The van der Waals surface area contributed by atoms with E-state index in [9.17, 15) is 8.42 Å². The van der Waals surface area contributed by atoms with Gasteiger partial charge in [0.25, 0.3) is 10.0 Å². The summed E-state index contributed by atoms with van der Waals surface area (Å²) in [6.07, 6.45) is 0. The molecule has 23 heavy (non-hydrogen) atoms. The first-order valence-electron chi connectivity index (χ1n) is 7.52. The lowest BCUT2D eigenvalue weighted by molar-refractivity contribution is 0.171. The largest absolute Gasteiger partial charge is 0.486 e. The summed E-state index contributed by atoms with van der Waals surface area (Å²) in [6, 6.07) is 12.2. The molecule has 5 nitrogen and oxygen atoms in total. The van der Waals surface area contributed by atoms with E-state index in [4.69, 9.17) is 9.47 Å². The third-order valence-electron chi connectivity index (χ3n) is 3.77. The number of anilines is 1. The van der Waals surface area contributed by atoms with Crippen LogP contribution in [0.3, 0.4) is 0 Å². The second kappa shape index (κ2) is 6.12. The van der Waals surface area contributed by atoms with Crippen LogP contribution in [0.1, 0.15) is 12.5 Å². The first kappa shape index (κ1) is 15.7. The fourth-order valence-electron chi connectivity index (χ4n) is 2.62. The summed E-state index contributed by atoms with van der Waals surface area (Å²) in [5.74, 6) is 1.05. The van der Waals surface area contributed by atoms with E-state index in [-0.39, 0.29) is 4.90 Å². The molecule has 0 atom stereocenters. The van der Waals surface area contributed by atoms with Crippen molar-refractivity contribution in [2.45, 2.75) is 18.7 Å². The minimum Gasteiger partial charge on any atom is -0.486 e. The highest BCUT2D eigenvalue weighted by atomic mass is 32.2. The van der Waals surface area contributed by atoms with Crippen LogP contribution in [-0.2, 0) is 10.0 Å². The first-order chi connectivity index (χ1) is 11.0. The van der Waals surface area contributed by atoms with Gasteiger partial charge in [-0.05, 0) is 37.6 Å². The normalized spacial score (nSPS) is 13.7. The Labute approximate surface area is 136 Å². The molecule has 3 rings (SSSR count). The Bertz CT molecular complexity index is 817. The SMILES string of the molecule is CCN(c1ccccc1C)S(=O)(=O)c1ccc2c(c1)OCCO2.